The Labute approximate surface area is 95.2 Å². The van der Waals surface area contributed by atoms with Gasteiger partial charge in [0, 0.05) is 6.61 Å². The third-order valence-electron chi connectivity index (χ3n) is 1.85. The Morgan fingerprint density at radius 2 is 1.50 bits per heavy atom. The second-order valence-electron chi connectivity index (χ2n) is 3.70. The third-order valence-corrected chi connectivity index (χ3v) is 1.85. The van der Waals surface area contributed by atoms with Crippen LogP contribution >= 0.6 is 0 Å². The van der Waals surface area contributed by atoms with Crippen molar-refractivity contribution in [2.75, 3.05) is 6.61 Å². The van der Waals surface area contributed by atoms with Crippen LogP contribution in [-0.4, -0.2) is 33.5 Å². The van der Waals surface area contributed by atoms with Crippen LogP contribution in [0.5, 0.6) is 0 Å². The van der Waals surface area contributed by atoms with Crippen molar-refractivity contribution in [1.29, 1.82) is 0 Å². The van der Waals surface area contributed by atoms with Gasteiger partial charge in [0.2, 0.25) is 0 Å². The predicted molar refractivity (Wildman–Crippen MR) is 61.0 cm³/mol. The highest BCUT2D eigenvalue weighted by Crippen LogP contribution is 2.12. The van der Waals surface area contributed by atoms with Gasteiger partial charge >= 0.3 is 5.97 Å². The Kier molecular flexibility index (Phi) is 7.16. The molecule has 0 bridgehead atoms. The van der Waals surface area contributed by atoms with E-state index in [2.05, 4.69) is 0 Å². The van der Waals surface area contributed by atoms with Gasteiger partial charge in [0.25, 0.3) is 0 Å². The van der Waals surface area contributed by atoms with Gasteiger partial charge in [-0.1, -0.05) is 36.4 Å². The van der Waals surface area contributed by atoms with Crippen LogP contribution in [0.1, 0.15) is 19.8 Å². The number of aliphatic carboxylic acids is 1. The molecule has 4 heteroatoms. The molecule has 1 unspecified atom stereocenters. The van der Waals surface area contributed by atoms with Crippen LogP contribution in [0.2, 0.25) is 0 Å². The van der Waals surface area contributed by atoms with Gasteiger partial charge in [-0.15, -0.1) is 0 Å². The minimum atomic E-state index is -1.28. The molecule has 0 fully saturated rings. The SMILES string of the molecule is CC(O)(CCO)CC(=O)O.c1ccccc1. The Morgan fingerprint density at radius 1 is 1.12 bits per heavy atom. The van der Waals surface area contributed by atoms with E-state index < -0.39 is 11.6 Å². The maximum absolute atomic E-state index is 10.0. The average molecular weight is 226 g/mol. The molecule has 0 aromatic heterocycles. The van der Waals surface area contributed by atoms with Crippen LogP contribution in [0.4, 0.5) is 0 Å². The number of aliphatic hydroxyl groups excluding tert-OH is 1. The number of carbonyl (C=O) groups is 1. The monoisotopic (exact) mass is 226 g/mol. The zero-order chi connectivity index (χ0) is 12.4. The Bertz CT molecular complexity index is 256. The van der Waals surface area contributed by atoms with Gasteiger partial charge in [0.15, 0.2) is 0 Å². The predicted octanol–water partition coefficient (Wildman–Crippen LogP) is 1.28. The summed E-state index contributed by atoms with van der Waals surface area (Å²) in [5.41, 5.74) is -1.28. The molecule has 0 amide bonds. The molecule has 0 aliphatic rings. The highest BCUT2D eigenvalue weighted by atomic mass is 16.4. The molecule has 4 nitrogen and oxygen atoms in total. The van der Waals surface area contributed by atoms with Crippen molar-refractivity contribution in [3.8, 4) is 0 Å². The fourth-order valence-corrected chi connectivity index (χ4v) is 1.04. The summed E-state index contributed by atoms with van der Waals surface area (Å²) in [6, 6.07) is 12.0. The van der Waals surface area contributed by atoms with Crippen molar-refractivity contribution in [2.45, 2.75) is 25.4 Å². The van der Waals surface area contributed by atoms with Crippen molar-refractivity contribution in [3.05, 3.63) is 36.4 Å². The van der Waals surface area contributed by atoms with Crippen LogP contribution in [-0.2, 0) is 4.79 Å². The van der Waals surface area contributed by atoms with Gasteiger partial charge in [-0.3, -0.25) is 4.79 Å². The molecule has 0 radical (unpaired) electrons. The van der Waals surface area contributed by atoms with E-state index in [0.717, 1.165) is 0 Å². The van der Waals surface area contributed by atoms with Gasteiger partial charge in [0.05, 0.1) is 12.0 Å². The number of carboxylic acid groups (broad SMARTS) is 1. The molecule has 90 valence electrons. The maximum atomic E-state index is 10.0. The summed E-state index contributed by atoms with van der Waals surface area (Å²) in [6.07, 6.45) is -0.229. The number of hydrogen-bond acceptors (Lipinski definition) is 3. The van der Waals surface area contributed by atoms with Crippen molar-refractivity contribution in [3.63, 3.8) is 0 Å². The smallest absolute Gasteiger partial charge is 0.306 e. The van der Waals surface area contributed by atoms with Crippen LogP contribution in [0.15, 0.2) is 36.4 Å². The zero-order valence-corrected chi connectivity index (χ0v) is 9.34. The first-order valence-corrected chi connectivity index (χ1v) is 5.03. The maximum Gasteiger partial charge on any atom is 0.306 e. The summed E-state index contributed by atoms with van der Waals surface area (Å²) in [5, 5.41) is 25.7. The van der Waals surface area contributed by atoms with E-state index in [1.165, 1.54) is 6.92 Å². The highest BCUT2D eigenvalue weighted by molar-refractivity contribution is 5.67. The van der Waals surface area contributed by atoms with Crippen molar-refractivity contribution < 1.29 is 20.1 Å². The van der Waals surface area contributed by atoms with Crippen molar-refractivity contribution in [1.82, 2.24) is 0 Å². The summed E-state index contributed by atoms with van der Waals surface area (Å²) in [4.78, 5) is 10.0. The lowest BCUT2D eigenvalue weighted by Gasteiger charge is -2.18. The molecule has 16 heavy (non-hydrogen) atoms. The molecule has 1 rings (SSSR count). The summed E-state index contributed by atoms with van der Waals surface area (Å²) in [6.45, 7) is 1.19. The van der Waals surface area contributed by atoms with E-state index in [1.807, 2.05) is 36.4 Å². The molecular formula is C12H18O4. The molecule has 0 heterocycles. The molecule has 0 saturated heterocycles. The molecule has 0 aliphatic heterocycles. The first kappa shape index (κ1) is 14.6. The number of hydrogen-bond donors (Lipinski definition) is 3. The normalized spacial score (nSPS) is 13.2. The lowest BCUT2D eigenvalue weighted by Crippen LogP contribution is -2.28. The highest BCUT2D eigenvalue weighted by Gasteiger charge is 2.22. The third kappa shape index (κ3) is 9.18. The fraction of sp³-hybridized carbons (Fsp3) is 0.417. The standard InChI is InChI=1S/C6H12O4.C6H6/c1-6(10,2-3-7)4-5(8)9;1-2-4-6-5-3-1/h7,10H,2-4H2,1H3,(H,8,9);1-6H. The van der Waals surface area contributed by atoms with E-state index in [9.17, 15) is 4.79 Å². The zero-order valence-electron chi connectivity index (χ0n) is 9.34. The number of benzene rings is 1. The van der Waals surface area contributed by atoms with Gasteiger partial charge in [-0.25, -0.2) is 0 Å². The van der Waals surface area contributed by atoms with Gasteiger partial charge < -0.3 is 15.3 Å². The number of carboxylic acids is 1. The number of aliphatic hydroxyl groups is 2. The largest absolute Gasteiger partial charge is 0.481 e. The molecule has 3 N–H and O–H groups in total. The van der Waals surface area contributed by atoms with Crippen LogP contribution in [0.25, 0.3) is 0 Å². The van der Waals surface area contributed by atoms with Crippen LogP contribution < -0.4 is 0 Å². The summed E-state index contributed by atoms with van der Waals surface area (Å²) in [7, 11) is 0. The molecule has 0 aliphatic carbocycles. The average Bonchev–Trinajstić information content (AvgIpc) is 2.19. The Balaban J connectivity index is 0.000000315. The minimum absolute atomic E-state index is 0.0965. The van der Waals surface area contributed by atoms with Crippen molar-refractivity contribution in [2.24, 2.45) is 0 Å². The summed E-state index contributed by atoms with van der Waals surface area (Å²) < 4.78 is 0. The lowest BCUT2D eigenvalue weighted by molar-refractivity contribution is -0.142. The van der Waals surface area contributed by atoms with E-state index in [1.54, 1.807) is 0 Å². The summed E-state index contributed by atoms with van der Waals surface area (Å²) in [5.74, 6) is -1.06. The second-order valence-corrected chi connectivity index (χ2v) is 3.70. The quantitative estimate of drug-likeness (QED) is 0.722. The first-order valence-electron chi connectivity index (χ1n) is 5.03. The molecule has 0 saturated carbocycles. The van der Waals surface area contributed by atoms with Gasteiger partial charge in [0.1, 0.15) is 0 Å². The topological polar surface area (TPSA) is 77.8 Å². The van der Waals surface area contributed by atoms with E-state index in [4.69, 9.17) is 15.3 Å². The molecule has 0 spiro atoms. The van der Waals surface area contributed by atoms with E-state index in [0.29, 0.717) is 0 Å². The fourth-order valence-electron chi connectivity index (χ4n) is 1.04. The Morgan fingerprint density at radius 3 is 1.75 bits per heavy atom. The molecule has 1 aromatic carbocycles. The Hall–Kier alpha value is -1.39. The lowest BCUT2D eigenvalue weighted by atomic mass is 9.99. The minimum Gasteiger partial charge on any atom is -0.481 e. The first-order chi connectivity index (χ1) is 7.48. The summed E-state index contributed by atoms with van der Waals surface area (Å²) >= 11 is 0. The van der Waals surface area contributed by atoms with Crippen molar-refractivity contribution >= 4 is 5.97 Å². The van der Waals surface area contributed by atoms with E-state index >= 15 is 0 Å². The van der Waals surface area contributed by atoms with Gasteiger partial charge in [-0.05, 0) is 13.3 Å². The molecule has 1 aromatic rings. The van der Waals surface area contributed by atoms with Crippen LogP contribution in [0.3, 0.4) is 0 Å². The molecular weight excluding hydrogens is 208 g/mol. The van der Waals surface area contributed by atoms with E-state index in [-0.39, 0.29) is 19.4 Å². The molecule has 1 atom stereocenters. The second kappa shape index (κ2) is 7.84. The number of rotatable bonds is 4. The van der Waals surface area contributed by atoms with Crippen LogP contribution in [0, 0.1) is 0 Å². The van der Waals surface area contributed by atoms with Gasteiger partial charge in [-0.2, -0.15) is 0 Å².